The number of carbonyl (C=O) groups is 2. The molecule has 0 atom stereocenters. The van der Waals surface area contributed by atoms with Crippen LogP contribution in [0.5, 0.6) is 0 Å². The first-order chi connectivity index (χ1) is 9.58. The maximum atomic E-state index is 13.4. The molecule has 0 bridgehead atoms. The highest BCUT2D eigenvalue weighted by Gasteiger charge is 2.38. The van der Waals surface area contributed by atoms with Gasteiger partial charge in [-0.05, 0) is 43.4 Å². The van der Waals surface area contributed by atoms with Crippen LogP contribution in [0, 0.1) is 18.7 Å². The fourth-order valence-corrected chi connectivity index (χ4v) is 2.97. The first kappa shape index (κ1) is 13.2. The third-order valence-electron chi connectivity index (χ3n) is 4.00. The number of halogens is 1. The maximum Gasteiger partial charge on any atom is 0.299 e. The summed E-state index contributed by atoms with van der Waals surface area (Å²) in [5.74, 6) is -1.29. The lowest BCUT2D eigenvalue weighted by Gasteiger charge is -2.27. The Bertz CT molecular complexity index is 579. The van der Waals surface area contributed by atoms with Gasteiger partial charge in [0.05, 0.1) is 11.3 Å². The van der Waals surface area contributed by atoms with E-state index in [9.17, 15) is 14.0 Å². The third-order valence-corrected chi connectivity index (χ3v) is 4.00. The van der Waals surface area contributed by atoms with Crippen molar-refractivity contribution in [2.45, 2.75) is 19.8 Å². The molecule has 0 spiro atoms. The highest BCUT2D eigenvalue weighted by molar-refractivity contribution is 6.52. The minimum Gasteiger partial charge on any atom is -0.381 e. The molecule has 0 aromatic heterocycles. The Hall–Kier alpha value is -1.75. The first-order valence-corrected chi connectivity index (χ1v) is 6.82. The maximum absolute atomic E-state index is 13.4. The summed E-state index contributed by atoms with van der Waals surface area (Å²) in [5, 5.41) is 0. The van der Waals surface area contributed by atoms with Gasteiger partial charge >= 0.3 is 0 Å². The normalized spacial score (nSPS) is 19.6. The second-order valence-corrected chi connectivity index (χ2v) is 5.42. The molecule has 20 heavy (non-hydrogen) atoms. The van der Waals surface area contributed by atoms with Gasteiger partial charge in [0.15, 0.2) is 0 Å². The Balaban J connectivity index is 1.93. The molecule has 5 heteroatoms. The summed E-state index contributed by atoms with van der Waals surface area (Å²) in [6.45, 7) is 3.62. The molecule has 0 saturated carbocycles. The van der Waals surface area contributed by atoms with E-state index in [1.807, 2.05) is 0 Å². The monoisotopic (exact) mass is 277 g/mol. The van der Waals surface area contributed by atoms with Crippen molar-refractivity contribution in [2.24, 2.45) is 5.92 Å². The highest BCUT2D eigenvalue weighted by Crippen LogP contribution is 2.34. The van der Waals surface area contributed by atoms with Crippen LogP contribution in [0.25, 0.3) is 0 Å². The zero-order valence-corrected chi connectivity index (χ0v) is 11.3. The summed E-state index contributed by atoms with van der Waals surface area (Å²) >= 11 is 0. The number of nitrogens with zero attached hydrogens (tertiary/aromatic N) is 1. The molecule has 3 rings (SSSR count). The molecule has 106 valence electrons. The van der Waals surface area contributed by atoms with Crippen molar-refractivity contribution >= 4 is 17.4 Å². The van der Waals surface area contributed by atoms with Gasteiger partial charge < -0.3 is 9.64 Å². The van der Waals surface area contributed by atoms with E-state index in [2.05, 4.69) is 0 Å². The second-order valence-electron chi connectivity index (χ2n) is 5.42. The molecule has 0 N–H and O–H groups in total. The van der Waals surface area contributed by atoms with Gasteiger partial charge in [0.1, 0.15) is 5.82 Å². The van der Waals surface area contributed by atoms with Gasteiger partial charge in [0.2, 0.25) is 0 Å². The molecule has 1 aromatic carbocycles. The Morgan fingerprint density at radius 1 is 1.30 bits per heavy atom. The molecule has 0 aliphatic carbocycles. The van der Waals surface area contributed by atoms with Gasteiger partial charge in [0.25, 0.3) is 11.7 Å². The van der Waals surface area contributed by atoms with Crippen molar-refractivity contribution < 1.29 is 18.7 Å². The van der Waals surface area contributed by atoms with E-state index >= 15 is 0 Å². The molecule has 1 fully saturated rings. The molecular weight excluding hydrogens is 261 g/mol. The fourth-order valence-electron chi connectivity index (χ4n) is 2.97. The number of carbonyl (C=O) groups excluding carboxylic acids is 2. The number of ether oxygens (including phenoxy) is 1. The zero-order valence-electron chi connectivity index (χ0n) is 11.3. The van der Waals surface area contributed by atoms with E-state index in [1.54, 1.807) is 6.92 Å². The molecule has 1 aromatic rings. The van der Waals surface area contributed by atoms with Crippen LogP contribution in [0.3, 0.4) is 0 Å². The van der Waals surface area contributed by atoms with Crippen molar-refractivity contribution in [3.05, 3.63) is 29.1 Å². The molecule has 0 radical (unpaired) electrons. The van der Waals surface area contributed by atoms with Gasteiger partial charge in [-0.3, -0.25) is 9.59 Å². The van der Waals surface area contributed by atoms with Crippen LogP contribution in [-0.2, 0) is 9.53 Å². The van der Waals surface area contributed by atoms with E-state index in [-0.39, 0.29) is 5.56 Å². The molecule has 4 nitrogen and oxygen atoms in total. The molecule has 2 aliphatic rings. The van der Waals surface area contributed by atoms with Crippen LogP contribution in [0.4, 0.5) is 10.1 Å². The lowest BCUT2D eigenvalue weighted by Crippen LogP contribution is -2.36. The Morgan fingerprint density at radius 3 is 2.70 bits per heavy atom. The van der Waals surface area contributed by atoms with E-state index < -0.39 is 17.5 Å². The number of anilines is 1. The SMILES string of the molecule is Cc1cc(F)cc2c1N(CC1CCOCC1)C(=O)C2=O. The van der Waals surface area contributed by atoms with Gasteiger partial charge in [-0.15, -0.1) is 0 Å². The molecule has 0 unspecified atom stereocenters. The van der Waals surface area contributed by atoms with Gasteiger partial charge in [-0.25, -0.2) is 4.39 Å². The second kappa shape index (κ2) is 4.98. The lowest BCUT2D eigenvalue weighted by molar-refractivity contribution is -0.114. The average Bonchev–Trinajstić information content (AvgIpc) is 2.65. The van der Waals surface area contributed by atoms with Crippen LogP contribution in [0.1, 0.15) is 28.8 Å². The van der Waals surface area contributed by atoms with E-state index in [1.165, 1.54) is 11.0 Å². The Labute approximate surface area is 116 Å². The molecule has 2 aliphatic heterocycles. The number of rotatable bonds is 2. The van der Waals surface area contributed by atoms with Crippen molar-refractivity contribution in [1.82, 2.24) is 0 Å². The highest BCUT2D eigenvalue weighted by atomic mass is 19.1. The predicted octanol–water partition coefficient (Wildman–Crippen LogP) is 2.09. The third kappa shape index (κ3) is 2.12. The van der Waals surface area contributed by atoms with Crippen LogP contribution >= 0.6 is 0 Å². The first-order valence-electron chi connectivity index (χ1n) is 6.82. The van der Waals surface area contributed by atoms with E-state index in [0.717, 1.165) is 18.9 Å². The van der Waals surface area contributed by atoms with Crippen molar-refractivity contribution in [3.63, 3.8) is 0 Å². The van der Waals surface area contributed by atoms with Crippen LogP contribution in [-0.4, -0.2) is 31.4 Å². The minimum atomic E-state index is -0.602. The van der Waals surface area contributed by atoms with Crippen molar-refractivity contribution in [3.8, 4) is 0 Å². The number of hydrogen-bond acceptors (Lipinski definition) is 3. The number of hydrogen-bond donors (Lipinski definition) is 0. The topological polar surface area (TPSA) is 46.6 Å². The fraction of sp³-hybridized carbons (Fsp3) is 0.467. The molecule has 2 heterocycles. The average molecular weight is 277 g/mol. The summed E-state index contributed by atoms with van der Waals surface area (Å²) < 4.78 is 18.7. The Morgan fingerprint density at radius 2 is 2.00 bits per heavy atom. The summed E-state index contributed by atoms with van der Waals surface area (Å²) in [6, 6.07) is 2.52. The molecule has 1 saturated heterocycles. The smallest absolute Gasteiger partial charge is 0.299 e. The van der Waals surface area contributed by atoms with Crippen molar-refractivity contribution in [2.75, 3.05) is 24.7 Å². The van der Waals surface area contributed by atoms with Crippen LogP contribution < -0.4 is 4.90 Å². The number of benzene rings is 1. The quantitative estimate of drug-likeness (QED) is 0.778. The standard InChI is InChI=1S/C15H16FNO3/c1-9-6-11(16)7-12-13(9)17(15(19)14(12)18)8-10-2-4-20-5-3-10/h6-7,10H,2-5,8H2,1H3. The van der Waals surface area contributed by atoms with E-state index in [4.69, 9.17) is 4.74 Å². The number of fused-ring (bicyclic) bond motifs is 1. The van der Waals surface area contributed by atoms with Gasteiger partial charge in [-0.1, -0.05) is 0 Å². The summed E-state index contributed by atoms with van der Waals surface area (Å²) in [5.41, 5.74) is 1.40. The Kier molecular flexibility index (Phi) is 3.30. The number of Topliss-reactive ketones (excluding diaryl/α,β-unsaturated/α-hetero) is 1. The van der Waals surface area contributed by atoms with Gasteiger partial charge in [-0.2, -0.15) is 0 Å². The molecular formula is C15H16FNO3. The number of ketones is 1. The number of amides is 1. The van der Waals surface area contributed by atoms with Crippen molar-refractivity contribution in [1.29, 1.82) is 0 Å². The molecule has 1 amide bonds. The van der Waals surface area contributed by atoms with Crippen LogP contribution in [0.15, 0.2) is 12.1 Å². The minimum absolute atomic E-state index is 0.194. The summed E-state index contributed by atoms with van der Waals surface area (Å²) in [6.07, 6.45) is 1.76. The largest absolute Gasteiger partial charge is 0.381 e. The van der Waals surface area contributed by atoms with Crippen LogP contribution in [0.2, 0.25) is 0 Å². The summed E-state index contributed by atoms with van der Waals surface area (Å²) in [4.78, 5) is 25.6. The lowest BCUT2D eigenvalue weighted by atomic mass is 9.99. The zero-order chi connectivity index (χ0) is 14.3. The van der Waals surface area contributed by atoms with Gasteiger partial charge in [0, 0.05) is 19.8 Å². The van der Waals surface area contributed by atoms with E-state index in [0.29, 0.717) is 36.9 Å². The predicted molar refractivity (Wildman–Crippen MR) is 71.4 cm³/mol. The summed E-state index contributed by atoms with van der Waals surface area (Å²) in [7, 11) is 0. The number of aryl methyl sites for hydroxylation is 1.